The van der Waals surface area contributed by atoms with Gasteiger partial charge in [-0.3, -0.25) is 10.1 Å². The number of nitrogens with zero attached hydrogens (tertiary/aromatic N) is 1. The molecule has 5 rings (SSSR count). The third kappa shape index (κ3) is 5.09. The fourth-order valence-electron chi connectivity index (χ4n) is 4.80. The molecule has 194 valence electrons. The zero-order valence-corrected chi connectivity index (χ0v) is 22.5. The number of piperidine rings is 1. The van der Waals surface area contributed by atoms with E-state index in [1.807, 2.05) is 30.3 Å². The number of amides is 1. The minimum Gasteiger partial charge on any atom is -0.454 e. The van der Waals surface area contributed by atoms with Crippen LogP contribution in [0.25, 0.3) is 0 Å². The zero-order valence-electron chi connectivity index (χ0n) is 20.9. The lowest BCUT2D eigenvalue weighted by molar-refractivity contribution is -0.122. The monoisotopic (exact) mass is 531 g/mol. The first-order chi connectivity index (χ1) is 17.1. The number of ether oxygens (including phenoxy) is 2. The number of carbonyl (C=O) groups is 1. The van der Waals surface area contributed by atoms with Crippen LogP contribution in [0.4, 0.5) is 0 Å². The Kier molecular flexibility index (Phi) is 6.74. The van der Waals surface area contributed by atoms with Crippen LogP contribution >= 0.6 is 11.8 Å². The standard InChI is InChI=1S/C26H33N3O5S2/c1-25(2,3)19-5-7-20(8-6-19)36(31,32)29-12-10-26(11-13-29)28-21(16-35-26)24(30)27-15-18-4-9-22-23(14-18)34-17-33-22/h4-9,14,21,28H,10-13,15-17H2,1-3H3,(H,27,30). The van der Waals surface area contributed by atoms with Crippen molar-refractivity contribution in [2.45, 2.75) is 61.4 Å². The van der Waals surface area contributed by atoms with Crippen molar-refractivity contribution >= 4 is 27.7 Å². The molecule has 1 atom stereocenters. The third-order valence-corrected chi connectivity index (χ3v) is 10.6. The van der Waals surface area contributed by atoms with Crippen LogP contribution < -0.4 is 20.1 Å². The molecule has 10 heteroatoms. The number of hydrogen-bond acceptors (Lipinski definition) is 7. The Hall–Kier alpha value is -2.27. The van der Waals surface area contributed by atoms with Gasteiger partial charge >= 0.3 is 0 Å². The van der Waals surface area contributed by atoms with Crippen LogP contribution in [0.1, 0.15) is 44.7 Å². The van der Waals surface area contributed by atoms with Gasteiger partial charge in [-0.25, -0.2) is 8.42 Å². The van der Waals surface area contributed by atoms with E-state index >= 15 is 0 Å². The van der Waals surface area contributed by atoms with E-state index in [0.29, 0.717) is 48.9 Å². The molecular formula is C26H33N3O5S2. The number of thioether (sulfide) groups is 1. The molecule has 0 saturated carbocycles. The van der Waals surface area contributed by atoms with Gasteiger partial charge < -0.3 is 14.8 Å². The number of benzene rings is 2. The second kappa shape index (κ2) is 9.55. The zero-order chi connectivity index (χ0) is 25.6. The van der Waals surface area contributed by atoms with E-state index in [1.165, 1.54) is 0 Å². The molecule has 0 aliphatic carbocycles. The average Bonchev–Trinajstić information content (AvgIpc) is 3.49. The summed E-state index contributed by atoms with van der Waals surface area (Å²) in [6.45, 7) is 7.81. The Labute approximate surface area is 217 Å². The lowest BCUT2D eigenvalue weighted by atomic mass is 9.87. The maximum absolute atomic E-state index is 13.2. The van der Waals surface area contributed by atoms with E-state index in [9.17, 15) is 13.2 Å². The van der Waals surface area contributed by atoms with Crippen molar-refractivity contribution < 1.29 is 22.7 Å². The number of rotatable bonds is 5. The Morgan fingerprint density at radius 3 is 2.50 bits per heavy atom. The summed E-state index contributed by atoms with van der Waals surface area (Å²) < 4.78 is 38.8. The molecule has 1 unspecified atom stereocenters. The summed E-state index contributed by atoms with van der Waals surface area (Å²) in [5, 5.41) is 6.51. The van der Waals surface area contributed by atoms with Crippen molar-refractivity contribution in [3.05, 3.63) is 53.6 Å². The van der Waals surface area contributed by atoms with Gasteiger partial charge in [0.05, 0.1) is 15.8 Å². The summed E-state index contributed by atoms with van der Waals surface area (Å²) in [7, 11) is -3.55. The quantitative estimate of drug-likeness (QED) is 0.612. The highest BCUT2D eigenvalue weighted by atomic mass is 32.2. The van der Waals surface area contributed by atoms with Crippen LogP contribution in [-0.4, -0.2) is 55.2 Å². The Bertz CT molecular complexity index is 1230. The van der Waals surface area contributed by atoms with Crippen molar-refractivity contribution in [3.8, 4) is 11.5 Å². The van der Waals surface area contributed by atoms with Crippen LogP contribution in [0.15, 0.2) is 47.4 Å². The summed E-state index contributed by atoms with van der Waals surface area (Å²) in [6.07, 6.45) is 1.31. The summed E-state index contributed by atoms with van der Waals surface area (Å²) >= 11 is 1.72. The lowest BCUT2D eigenvalue weighted by Crippen LogP contribution is -2.54. The van der Waals surface area contributed by atoms with E-state index in [-0.39, 0.29) is 29.0 Å². The molecule has 1 amide bonds. The molecule has 2 aromatic carbocycles. The molecule has 1 spiro atoms. The van der Waals surface area contributed by atoms with Crippen LogP contribution in [-0.2, 0) is 26.8 Å². The fourth-order valence-corrected chi connectivity index (χ4v) is 7.66. The predicted octanol–water partition coefficient (Wildman–Crippen LogP) is 3.22. The van der Waals surface area contributed by atoms with E-state index in [4.69, 9.17) is 9.47 Å². The molecule has 3 heterocycles. The highest BCUT2D eigenvalue weighted by molar-refractivity contribution is 8.01. The average molecular weight is 532 g/mol. The highest BCUT2D eigenvalue weighted by Gasteiger charge is 2.45. The van der Waals surface area contributed by atoms with Gasteiger partial charge in [0, 0.05) is 25.4 Å². The SMILES string of the molecule is CC(C)(C)c1ccc(S(=O)(=O)N2CCC3(CC2)NC(C(=O)NCc2ccc4c(c2)OCO4)CS3)cc1. The number of fused-ring (bicyclic) bond motifs is 1. The Balaban J connectivity index is 1.15. The number of hydrogen-bond donors (Lipinski definition) is 2. The first kappa shape index (κ1) is 25.4. The maximum atomic E-state index is 13.2. The Morgan fingerprint density at radius 2 is 1.81 bits per heavy atom. The molecule has 2 N–H and O–H groups in total. The largest absolute Gasteiger partial charge is 0.454 e. The van der Waals surface area contributed by atoms with Gasteiger partial charge in [0.1, 0.15) is 0 Å². The van der Waals surface area contributed by atoms with Crippen molar-refractivity contribution in [2.24, 2.45) is 0 Å². The van der Waals surface area contributed by atoms with Crippen molar-refractivity contribution in [1.29, 1.82) is 0 Å². The smallest absolute Gasteiger partial charge is 0.243 e. The topological polar surface area (TPSA) is 97.0 Å². The van der Waals surface area contributed by atoms with Gasteiger partial charge in [0.15, 0.2) is 11.5 Å². The van der Waals surface area contributed by atoms with E-state index < -0.39 is 10.0 Å². The van der Waals surface area contributed by atoms with E-state index in [1.54, 1.807) is 28.2 Å². The van der Waals surface area contributed by atoms with Gasteiger partial charge in [-0.2, -0.15) is 4.31 Å². The first-order valence-electron chi connectivity index (χ1n) is 12.2. The molecule has 0 radical (unpaired) electrons. The van der Waals surface area contributed by atoms with Crippen LogP contribution in [0.2, 0.25) is 0 Å². The highest BCUT2D eigenvalue weighted by Crippen LogP contribution is 2.40. The fraction of sp³-hybridized carbons (Fsp3) is 0.500. The lowest BCUT2D eigenvalue weighted by Gasteiger charge is -2.38. The van der Waals surface area contributed by atoms with Crippen molar-refractivity contribution in [2.75, 3.05) is 25.6 Å². The van der Waals surface area contributed by atoms with Crippen LogP contribution in [0, 0.1) is 0 Å². The molecule has 2 aromatic rings. The van der Waals surface area contributed by atoms with Gasteiger partial charge in [0.25, 0.3) is 0 Å². The molecule has 8 nitrogen and oxygen atoms in total. The summed E-state index contributed by atoms with van der Waals surface area (Å²) in [6, 6.07) is 12.6. The molecular weight excluding hydrogens is 498 g/mol. The van der Waals surface area contributed by atoms with Crippen LogP contribution in [0.5, 0.6) is 11.5 Å². The van der Waals surface area contributed by atoms with E-state index in [0.717, 1.165) is 16.9 Å². The molecule has 0 bridgehead atoms. The van der Waals surface area contributed by atoms with Gasteiger partial charge in [0.2, 0.25) is 22.7 Å². The predicted molar refractivity (Wildman–Crippen MR) is 140 cm³/mol. The summed E-state index contributed by atoms with van der Waals surface area (Å²) in [4.78, 5) is 12.9. The normalized spacial score (nSPS) is 21.6. The Morgan fingerprint density at radius 1 is 1.11 bits per heavy atom. The van der Waals surface area contributed by atoms with Gasteiger partial charge in [-0.15, -0.1) is 11.8 Å². The minimum absolute atomic E-state index is 0.0293. The van der Waals surface area contributed by atoms with Crippen molar-refractivity contribution in [3.63, 3.8) is 0 Å². The summed E-state index contributed by atoms with van der Waals surface area (Å²) in [5.74, 6) is 2.03. The number of nitrogens with one attached hydrogen (secondary N) is 2. The van der Waals surface area contributed by atoms with Crippen LogP contribution in [0.3, 0.4) is 0 Å². The molecule has 0 aromatic heterocycles. The molecule has 36 heavy (non-hydrogen) atoms. The summed E-state index contributed by atoms with van der Waals surface area (Å²) in [5.41, 5.74) is 2.02. The van der Waals surface area contributed by atoms with Gasteiger partial charge in [-0.1, -0.05) is 39.0 Å². The first-order valence-corrected chi connectivity index (χ1v) is 14.7. The third-order valence-electron chi connectivity index (χ3n) is 7.07. The maximum Gasteiger partial charge on any atom is 0.243 e. The number of sulfonamides is 1. The molecule has 3 aliphatic rings. The van der Waals surface area contributed by atoms with E-state index in [2.05, 4.69) is 31.4 Å². The number of carbonyl (C=O) groups excluding carboxylic acids is 1. The van der Waals surface area contributed by atoms with Gasteiger partial charge in [-0.05, 0) is 53.6 Å². The molecule has 2 saturated heterocycles. The second-order valence-corrected chi connectivity index (χ2v) is 13.9. The molecule has 2 fully saturated rings. The molecule has 3 aliphatic heterocycles. The van der Waals surface area contributed by atoms with Crippen molar-refractivity contribution in [1.82, 2.24) is 14.9 Å². The second-order valence-electron chi connectivity index (χ2n) is 10.6. The minimum atomic E-state index is -3.55.